The zero-order valence-corrected chi connectivity index (χ0v) is 9.36. The number of carboxylic acids is 1. The van der Waals surface area contributed by atoms with Gasteiger partial charge in [0.1, 0.15) is 0 Å². The first-order chi connectivity index (χ1) is 7.98. The van der Waals surface area contributed by atoms with E-state index in [-0.39, 0.29) is 0 Å². The molecule has 0 unspecified atom stereocenters. The van der Waals surface area contributed by atoms with Gasteiger partial charge in [-0.25, -0.2) is 8.42 Å². The molecular formula is C9H9N3O4S. The molecule has 0 saturated heterocycles. The van der Waals surface area contributed by atoms with E-state index < -0.39 is 21.7 Å². The van der Waals surface area contributed by atoms with Crippen LogP contribution in [-0.2, 0) is 14.8 Å². The quantitative estimate of drug-likeness (QED) is 0.731. The monoisotopic (exact) mass is 255 g/mol. The summed E-state index contributed by atoms with van der Waals surface area (Å²) in [6.45, 7) is 0. The number of aromatic nitrogens is 2. The van der Waals surface area contributed by atoms with E-state index >= 15 is 0 Å². The lowest BCUT2D eigenvalue weighted by Gasteiger charge is -2.06. The summed E-state index contributed by atoms with van der Waals surface area (Å²) in [6.07, 6.45) is 1.47. The number of carboxylic acid groups (broad SMARTS) is 1. The normalized spacial score (nSPS) is 11.5. The molecule has 0 spiro atoms. The van der Waals surface area contributed by atoms with Crippen molar-refractivity contribution in [2.24, 2.45) is 0 Å². The molecule has 0 saturated carbocycles. The minimum Gasteiger partial charge on any atom is -0.480 e. The third-order valence-corrected chi connectivity index (χ3v) is 3.22. The Kier molecular flexibility index (Phi) is 2.72. The van der Waals surface area contributed by atoms with Crippen molar-refractivity contribution < 1.29 is 18.3 Å². The summed E-state index contributed by atoms with van der Waals surface area (Å²) in [5.41, 5.74) is 0.970. The van der Waals surface area contributed by atoms with Crippen LogP contribution in [0.3, 0.4) is 0 Å². The van der Waals surface area contributed by atoms with Gasteiger partial charge in [-0.3, -0.25) is 14.6 Å². The first-order valence-electron chi connectivity index (χ1n) is 4.62. The number of aromatic amines is 1. The van der Waals surface area contributed by atoms with Crippen LogP contribution in [0.5, 0.6) is 0 Å². The van der Waals surface area contributed by atoms with Crippen LogP contribution in [0.1, 0.15) is 0 Å². The highest BCUT2D eigenvalue weighted by Gasteiger charge is 2.16. The van der Waals surface area contributed by atoms with E-state index in [1.54, 1.807) is 12.1 Å². The van der Waals surface area contributed by atoms with E-state index in [1.165, 1.54) is 12.3 Å². The molecule has 8 heteroatoms. The Bertz CT molecular complexity index is 662. The van der Waals surface area contributed by atoms with Gasteiger partial charge in [0.25, 0.3) is 0 Å². The number of sulfonamides is 1. The van der Waals surface area contributed by atoms with Gasteiger partial charge < -0.3 is 5.11 Å². The molecule has 1 heterocycles. The Labute approximate surface area is 96.5 Å². The molecule has 7 nitrogen and oxygen atoms in total. The Morgan fingerprint density at radius 1 is 1.47 bits per heavy atom. The fourth-order valence-corrected chi connectivity index (χ4v) is 2.33. The number of H-pyrrole nitrogens is 1. The molecule has 2 aromatic rings. The molecule has 2 rings (SSSR count). The van der Waals surface area contributed by atoms with Crippen molar-refractivity contribution in [3.8, 4) is 0 Å². The summed E-state index contributed by atoms with van der Waals surface area (Å²) in [4.78, 5) is 10.4. The van der Waals surface area contributed by atoms with Crippen LogP contribution < -0.4 is 4.72 Å². The number of fused-ring (bicyclic) bond motifs is 1. The van der Waals surface area contributed by atoms with Crippen LogP contribution >= 0.6 is 0 Å². The summed E-state index contributed by atoms with van der Waals surface area (Å²) in [6, 6.07) is 4.91. The number of nitrogens with zero attached hydrogens (tertiary/aromatic N) is 1. The van der Waals surface area contributed by atoms with Gasteiger partial charge in [-0.2, -0.15) is 5.10 Å². The van der Waals surface area contributed by atoms with Crippen molar-refractivity contribution in [3.63, 3.8) is 0 Å². The number of carbonyl (C=O) groups is 1. The smallest absolute Gasteiger partial charge is 0.320 e. The van der Waals surface area contributed by atoms with E-state index in [9.17, 15) is 13.2 Å². The summed E-state index contributed by atoms with van der Waals surface area (Å²) in [7, 11) is -3.89. The van der Waals surface area contributed by atoms with Gasteiger partial charge in [-0.05, 0) is 12.1 Å². The number of hydrogen-bond acceptors (Lipinski definition) is 4. The van der Waals surface area contributed by atoms with Crippen molar-refractivity contribution >= 4 is 32.6 Å². The third-order valence-electron chi connectivity index (χ3n) is 2.06. The van der Waals surface area contributed by atoms with Gasteiger partial charge in [0, 0.05) is 5.39 Å². The Balaban J connectivity index is 2.36. The highest BCUT2D eigenvalue weighted by molar-refractivity contribution is 7.93. The lowest BCUT2D eigenvalue weighted by atomic mass is 10.2. The van der Waals surface area contributed by atoms with Crippen molar-refractivity contribution in [3.05, 3.63) is 24.4 Å². The highest BCUT2D eigenvalue weighted by Crippen LogP contribution is 2.21. The molecule has 3 N–H and O–H groups in total. The lowest BCUT2D eigenvalue weighted by molar-refractivity contribution is -0.134. The number of aliphatic carboxylic acids is 1. The Morgan fingerprint density at radius 2 is 2.24 bits per heavy atom. The SMILES string of the molecule is O=C(O)CS(=O)(=O)Nc1cccc2[nH]ncc12. The van der Waals surface area contributed by atoms with E-state index in [2.05, 4.69) is 14.9 Å². The largest absolute Gasteiger partial charge is 0.480 e. The third kappa shape index (κ3) is 2.53. The fraction of sp³-hybridized carbons (Fsp3) is 0.111. The highest BCUT2D eigenvalue weighted by atomic mass is 32.2. The van der Waals surface area contributed by atoms with Crippen molar-refractivity contribution in [2.45, 2.75) is 0 Å². The lowest BCUT2D eigenvalue weighted by Crippen LogP contribution is -2.22. The van der Waals surface area contributed by atoms with E-state index in [4.69, 9.17) is 5.11 Å². The van der Waals surface area contributed by atoms with Crippen molar-refractivity contribution in [1.82, 2.24) is 10.2 Å². The Hall–Kier alpha value is -2.09. The molecule has 0 fully saturated rings. The van der Waals surface area contributed by atoms with Crippen LogP contribution in [-0.4, -0.2) is 35.4 Å². The van der Waals surface area contributed by atoms with Gasteiger partial charge >= 0.3 is 5.97 Å². The van der Waals surface area contributed by atoms with E-state index in [1.807, 2.05) is 0 Å². The maximum absolute atomic E-state index is 11.5. The van der Waals surface area contributed by atoms with Crippen LogP contribution in [0.4, 0.5) is 5.69 Å². The maximum Gasteiger partial charge on any atom is 0.320 e. The minimum atomic E-state index is -3.89. The first kappa shape index (κ1) is 11.4. The predicted molar refractivity (Wildman–Crippen MR) is 61.1 cm³/mol. The minimum absolute atomic E-state index is 0.303. The second kappa shape index (κ2) is 4.06. The van der Waals surface area contributed by atoms with Gasteiger partial charge in [0.05, 0.1) is 17.4 Å². The van der Waals surface area contributed by atoms with Crippen molar-refractivity contribution in [2.75, 3.05) is 10.5 Å². The molecular weight excluding hydrogens is 246 g/mol. The van der Waals surface area contributed by atoms with Gasteiger partial charge in [0.2, 0.25) is 10.0 Å². The molecule has 1 aromatic carbocycles. The first-order valence-corrected chi connectivity index (χ1v) is 6.27. The molecule has 0 bridgehead atoms. The molecule has 0 radical (unpaired) electrons. The Morgan fingerprint density at radius 3 is 2.94 bits per heavy atom. The molecule has 0 atom stereocenters. The molecule has 1 aromatic heterocycles. The van der Waals surface area contributed by atoms with Crippen LogP contribution in [0.25, 0.3) is 10.9 Å². The second-order valence-electron chi connectivity index (χ2n) is 3.39. The maximum atomic E-state index is 11.5. The van der Waals surface area contributed by atoms with Crippen LogP contribution in [0, 0.1) is 0 Å². The predicted octanol–water partition coefficient (Wildman–Crippen LogP) is 0.389. The van der Waals surface area contributed by atoms with Gasteiger partial charge in [-0.15, -0.1) is 0 Å². The summed E-state index contributed by atoms with van der Waals surface area (Å²) in [5.74, 6) is -2.38. The molecule has 0 aliphatic carbocycles. The average molecular weight is 255 g/mol. The standard InChI is InChI=1S/C9H9N3O4S/c13-9(14)5-17(15,16)12-8-3-1-2-7-6(8)4-10-11-7/h1-4,12H,5H2,(H,10,11)(H,13,14). The molecule has 0 aliphatic heterocycles. The van der Waals surface area contributed by atoms with Crippen LogP contribution in [0.15, 0.2) is 24.4 Å². The van der Waals surface area contributed by atoms with Crippen LogP contribution in [0.2, 0.25) is 0 Å². The number of anilines is 1. The molecule has 90 valence electrons. The van der Waals surface area contributed by atoms with Gasteiger partial charge in [-0.1, -0.05) is 6.07 Å². The number of nitrogens with one attached hydrogen (secondary N) is 2. The summed E-state index contributed by atoms with van der Waals surface area (Å²) < 4.78 is 25.1. The zero-order valence-electron chi connectivity index (χ0n) is 8.54. The fourth-order valence-electron chi connectivity index (χ4n) is 1.42. The number of rotatable bonds is 4. The molecule has 0 amide bonds. The van der Waals surface area contributed by atoms with E-state index in [0.717, 1.165) is 0 Å². The summed E-state index contributed by atoms with van der Waals surface area (Å²) in [5, 5.41) is 15.5. The molecule has 0 aliphatic rings. The number of hydrogen-bond donors (Lipinski definition) is 3. The topological polar surface area (TPSA) is 112 Å². The van der Waals surface area contributed by atoms with Gasteiger partial charge in [0.15, 0.2) is 5.75 Å². The second-order valence-corrected chi connectivity index (χ2v) is 5.11. The summed E-state index contributed by atoms with van der Waals surface area (Å²) >= 11 is 0. The van der Waals surface area contributed by atoms with Crippen molar-refractivity contribution in [1.29, 1.82) is 0 Å². The van der Waals surface area contributed by atoms with E-state index in [0.29, 0.717) is 16.6 Å². The number of benzene rings is 1. The average Bonchev–Trinajstić information content (AvgIpc) is 2.63. The molecule has 17 heavy (non-hydrogen) atoms. The zero-order chi connectivity index (χ0) is 12.5.